The number of sulfonamides is 1. The molecule has 0 fully saturated rings. The predicted molar refractivity (Wildman–Crippen MR) is 87.8 cm³/mol. The monoisotopic (exact) mass is 329 g/mol. The molecule has 0 aliphatic heterocycles. The Morgan fingerprint density at radius 3 is 2.68 bits per heavy atom. The Hall–Kier alpha value is -1.80. The van der Waals surface area contributed by atoms with Crippen LogP contribution in [0.3, 0.4) is 0 Å². The van der Waals surface area contributed by atoms with Crippen molar-refractivity contribution in [3.05, 3.63) is 24.3 Å². The predicted octanol–water partition coefficient (Wildman–Crippen LogP) is 1.63. The summed E-state index contributed by atoms with van der Waals surface area (Å²) in [6.07, 6.45) is -0.404. The number of hydrogen-bond acceptors (Lipinski definition) is 4. The molecule has 2 N–H and O–H groups in total. The minimum absolute atomic E-state index is 0.139. The van der Waals surface area contributed by atoms with Crippen LogP contribution in [0.1, 0.15) is 13.8 Å². The van der Waals surface area contributed by atoms with Gasteiger partial charge in [-0.25, -0.2) is 13.2 Å². The van der Waals surface area contributed by atoms with E-state index in [2.05, 4.69) is 10.0 Å². The molecule has 7 nitrogen and oxygen atoms in total. The van der Waals surface area contributed by atoms with Crippen LogP contribution in [0.25, 0.3) is 0 Å². The normalized spacial score (nSPS) is 12.5. The Labute approximate surface area is 131 Å². The van der Waals surface area contributed by atoms with Crippen molar-refractivity contribution in [2.24, 2.45) is 0 Å². The minimum atomic E-state index is -3.51. The molecule has 0 saturated carbocycles. The SMILES string of the molecule is CCNC(=O)N(C)c1cccc(NS(=O)(=O)CC(C)OC)c1. The molecule has 0 aromatic heterocycles. The molecule has 0 aliphatic carbocycles. The van der Waals surface area contributed by atoms with E-state index in [0.717, 1.165) is 0 Å². The van der Waals surface area contributed by atoms with Gasteiger partial charge in [0.05, 0.1) is 17.5 Å². The van der Waals surface area contributed by atoms with Crippen LogP contribution in [0.5, 0.6) is 0 Å². The van der Waals surface area contributed by atoms with Crippen molar-refractivity contribution < 1.29 is 17.9 Å². The first-order valence-electron chi connectivity index (χ1n) is 6.94. The van der Waals surface area contributed by atoms with Gasteiger partial charge in [0, 0.05) is 26.4 Å². The van der Waals surface area contributed by atoms with E-state index in [-0.39, 0.29) is 11.8 Å². The molecule has 1 atom stereocenters. The number of rotatable bonds is 7. The second-order valence-electron chi connectivity index (χ2n) is 4.87. The molecule has 124 valence electrons. The zero-order chi connectivity index (χ0) is 16.8. The summed E-state index contributed by atoms with van der Waals surface area (Å²) in [6.45, 7) is 4.02. The van der Waals surface area contributed by atoms with Crippen LogP contribution in [0, 0.1) is 0 Å². The lowest BCUT2D eigenvalue weighted by Crippen LogP contribution is -2.37. The summed E-state index contributed by atoms with van der Waals surface area (Å²) >= 11 is 0. The van der Waals surface area contributed by atoms with Gasteiger partial charge in [0.2, 0.25) is 10.0 Å². The largest absolute Gasteiger partial charge is 0.381 e. The van der Waals surface area contributed by atoms with Gasteiger partial charge in [0.1, 0.15) is 0 Å². The van der Waals surface area contributed by atoms with Crippen molar-refractivity contribution in [2.75, 3.05) is 36.1 Å². The van der Waals surface area contributed by atoms with E-state index in [1.807, 2.05) is 6.92 Å². The number of urea groups is 1. The van der Waals surface area contributed by atoms with E-state index >= 15 is 0 Å². The number of nitrogens with one attached hydrogen (secondary N) is 2. The molecule has 0 radical (unpaired) electrons. The minimum Gasteiger partial charge on any atom is -0.381 e. The van der Waals surface area contributed by atoms with Gasteiger partial charge in [0.15, 0.2) is 0 Å². The van der Waals surface area contributed by atoms with E-state index in [1.54, 1.807) is 38.2 Å². The van der Waals surface area contributed by atoms with Crippen LogP contribution >= 0.6 is 0 Å². The fourth-order valence-corrected chi connectivity index (χ4v) is 3.09. The van der Waals surface area contributed by atoms with E-state index < -0.39 is 16.1 Å². The third-order valence-corrected chi connectivity index (χ3v) is 4.45. The fraction of sp³-hybridized carbons (Fsp3) is 0.500. The first-order valence-corrected chi connectivity index (χ1v) is 8.59. The zero-order valence-electron chi connectivity index (χ0n) is 13.3. The van der Waals surface area contributed by atoms with Crippen molar-refractivity contribution in [3.63, 3.8) is 0 Å². The van der Waals surface area contributed by atoms with Crippen LogP contribution in [0.4, 0.5) is 16.2 Å². The summed E-state index contributed by atoms with van der Waals surface area (Å²) in [4.78, 5) is 13.2. The van der Waals surface area contributed by atoms with E-state index in [4.69, 9.17) is 4.74 Å². The maximum atomic E-state index is 12.0. The number of hydrogen-bond donors (Lipinski definition) is 2. The highest BCUT2D eigenvalue weighted by Gasteiger charge is 2.16. The number of nitrogens with zero attached hydrogens (tertiary/aromatic N) is 1. The molecule has 1 rings (SSSR count). The number of amides is 2. The zero-order valence-corrected chi connectivity index (χ0v) is 14.1. The summed E-state index contributed by atoms with van der Waals surface area (Å²) in [6, 6.07) is 6.39. The summed E-state index contributed by atoms with van der Waals surface area (Å²) in [7, 11) is -0.436. The number of anilines is 2. The molecule has 22 heavy (non-hydrogen) atoms. The summed E-state index contributed by atoms with van der Waals surface area (Å²) in [5, 5.41) is 2.68. The first-order chi connectivity index (χ1) is 10.3. The van der Waals surface area contributed by atoms with Gasteiger partial charge < -0.3 is 10.1 Å². The molecule has 2 amide bonds. The highest BCUT2D eigenvalue weighted by Crippen LogP contribution is 2.19. The fourth-order valence-electron chi connectivity index (χ4n) is 1.76. The van der Waals surface area contributed by atoms with Crippen molar-refractivity contribution in [1.29, 1.82) is 0 Å². The first kappa shape index (κ1) is 18.2. The Kier molecular flexibility index (Phi) is 6.63. The number of carbonyl (C=O) groups excluding carboxylic acids is 1. The topological polar surface area (TPSA) is 87.7 Å². The summed E-state index contributed by atoms with van der Waals surface area (Å²) in [5.41, 5.74) is 0.989. The van der Waals surface area contributed by atoms with Crippen LogP contribution in [0.2, 0.25) is 0 Å². The lowest BCUT2D eigenvalue weighted by atomic mass is 10.2. The third-order valence-electron chi connectivity index (χ3n) is 3.00. The average molecular weight is 329 g/mol. The average Bonchev–Trinajstić information content (AvgIpc) is 2.45. The molecule has 0 aliphatic rings. The number of benzene rings is 1. The molecular formula is C14H23N3O4S. The van der Waals surface area contributed by atoms with Gasteiger partial charge in [0.25, 0.3) is 0 Å². The third kappa shape index (κ3) is 5.53. The molecule has 0 spiro atoms. The van der Waals surface area contributed by atoms with Crippen LogP contribution < -0.4 is 14.9 Å². The van der Waals surface area contributed by atoms with E-state index in [0.29, 0.717) is 17.9 Å². The van der Waals surface area contributed by atoms with Gasteiger partial charge in [-0.3, -0.25) is 9.62 Å². The molecular weight excluding hydrogens is 306 g/mol. The van der Waals surface area contributed by atoms with Gasteiger partial charge in [-0.2, -0.15) is 0 Å². The van der Waals surface area contributed by atoms with Gasteiger partial charge in [-0.05, 0) is 32.0 Å². The lowest BCUT2D eigenvalue weighted by molar-refractivity contribution is 0.136. The summed E-state index contributed by atoms with van der Waals surface area (Å²) < 4.78 is 31.5. The van der Waals surface area contributed by atoms with Crippen LogP contribution in [0.15, 0.2) is 24.3 Å². The molecule has 1 aromatic carbocycles. The maximum Gasteiger partial charge on any atom is 0.321 e. The Morgan fingerprint density at radius 2 is 2.09 bits per heavy atom. The molecule has 1 unspecified atom stereocenters. The van der Waals surface area contributed by atoms with Crippen molar-refractivity contribution in [3.8, 4) is 0 Å². The Balaban J connectivity index is 2.86. The van der Waals surface area contributed by atoms with E-state index in [9.17, 15) is 13.2 Å². The van der Waals surface area contributed by atoms with Gasteiger partial charge in [-0.15, -0.1) is 0 Å². The highest BCUT2D eigenvalue weighted by atomic mass is 32.2. The second kappa shape index (κ2) is 8.00. The van der Waals surface area contributed by atoms with Crippen molar-refractivity contribution in [2.45, 2.75) is 20.0 Å². The molecule has 8 heteroatoms. The maximum absolute atomic E-state index is 12.0. The highest BCUT2D eigenvalue weighted by molar-refractivity contribution is 7.92. The van der Waals surface area contributed by atoms with Crippen LogP contribution in [-0.4, -0.2) is 47.0 Å². The van der Waals surface area contributed by atoms with Crippen molar-refractivity contribution in [1.82, 2.24) is 5.32 Å². The molecule has 0 saturated heterocycles. The lowest BCUT2D eigenvalue weighted by Gasteiger charge is -2.19. The number of carbonyl (C=O) groups is 1. The van der Waals surface area contributed by atoms with Crippen molar-refractivity contribution >= 4 is 27.4 Å². The molecule has 0 heterocycles. The number of methoxy groups -OCH3 is 1. The quantitative estimate of drug-likeness (QED) is 0.796. The second-order valence-corrected chi connectivity index (χ2v) is 6.64. The summed E-state index contributed by atoms with van der Waals surface area (Å²) in [5.74, 6) is -0.139. The standard InChI is InChI=1S/C14H23N3O4S/c1-5-15-14(18)17(3)13-8-6-7-12(9-13)16-22(19,20)10-11(2)21-4/h6-9,11,16H,5,10H2,1-4H3,(H,15,18). The number of ether oxygens (including phenoxy) is 1. The molecule has 0 bridgehead atoms. The van der Waals surface area contributed by atoms with Gasteiger partial charge >= 0.3 is 6.03 Å². The smallest absolute Gasteiger partial charge is 0.321 e. The van der Waals surface area contributed by atoms with E-state index in [1.165, 1.54) is 12.0 Å². The van der Waals surface area contributed by atoms with Gasteiger partial charge in [-0.1, -0.05) is 6.07 Å². The Bertz CT molecular complexity index is 604. The Morgan fingerprint density at radius 1 is 1.41 bits per heavy atom. The van der Waals surface area contributed by atoms with Crippen LogP contribution in [-0.2, 0) is 14.8 Å². The molecule has 1 aromatic rings.